The van der Waals surface area contributed by atoms with Gasteiger partial charge in [0.2, 0.25) is 0 Å². The second kappa shape index (κ2) is 12.2. The van der Waals surface area contributed by atoms with Crippen molar-refractivity contribution >= 4 is 24.3 Å². The highest BCUT2D eigenvalue weighted by Crippen LogP contribution is 2.31. The second-order valence-corrected chi connectivity index (χ2v) is 10.0. The minimum atomic E-state index is -2.75. The summed E-state index contributed by atoms with van der Waals surface area (Å²) in [6, 6.07) is 0. The minimum absolute atomic E-state index is 0.0547. The molecule has 2 unspecified atom stereocenters. The van der Waals surface area contributed by atoms with Crippen LogP contribution in [0.3, 0.4) is 0 Å². The predicted molar refractivity (Wildman–Crippen MR) is 96.0 cm³/mol. The van der Waals surface area contributed by atoms with E-state index in [-0.39, 0.29) is 12.1 Å². The van der Waals surface area contributed by atoms with Gasteiger partial charge in [-0.2, -0.15) is 0 Å². The van der Waals surface area contributed by atoms with E-state index in [1.54, 1.807) is 0 Å². The molecule has 0 bridgehead atoms. The van der Waals surface area contributed by atoms with Gasteiger partial charge < -0.3 is 14.2 Å². The van der Waals surface area contributed by atoms with Crippen LogP contribution in [0.5, 0.6) is 0 Å². The molecule has 0 saturated heterocycles. The maximum absolute atomic E-state index is 11.9. The summed E-state index contributed by atoms with van der Waals surface area (Å²) >= 11 is 4.69. The first kappa shape index (κ1) is 20.8. The van der Waals surface area contributed by atoms with E-state index in [9.17, 15) is 9.69 Å². The zero-order chi connectivity index (χ0) is 17.0. The highest BCUT2D eigenvalue weighted by atomic mass is 32.5. The van der Waals surface area contributed by atoms with Gasteiger partial charge in [0.25, 0.3) is 0 Å². The molecule has 2 atom stereocenters. The largest absolute Gasteiger partial charge is 0.801 e. The first-order valence-corrected chi connectivity index (χ1v) is 11.8. The van der Waals surface area contributed by atoms with E-state index >= 15 is 0 Å². The molecule has 0 aromatic heterocycles. The van der Waals surface area contributed by atoms with Gasteiger partial charge in [-0.1, -0.05) is 43.2 Å². The molecule has 0 aromatic carbocycles. The van der Waals surface area contributed by atoms with E-state index in [2.05, 4.69) is 12.2 Å². The lowest BCUT2D eigenvalue weighted by molar-refractivity contribution is -0.180. The third-order valence-corrected chi connectivity index (χ3v) is 4.84. The number of hydrogen-bond acceptors (Lipinski definition) is 5. The van der Waals surface area contributed by atoms with Crippen molar-refractivity contribution in [2.45, 2.75) is 76.7 Å². The van der Waals surface area contributed by atoms with Crippen LogP contribution in [0, 0.1) is 0 Å². The first-order chi connectivity index (χ1) is 11.0. The van der Waals surface area contributed by atoms with Crippen LogP contribution < -0.4 is 4.89 Å². The molecule has 134 valence electrons. The number of esters is 1. The van der Waals surface area contributed by atoms with Crippen LogP contribution in [0.1, 0.15) is 70.6 Å². The molecule has 0 fully saturated rings. The number of unbranched alkanes of at least 4 members (excludes halogenated alkanes) is 4. The molecule has 0 aromatic rings. The predicted octanol–water partition coefficient (Wildman–Crippen LogP) is 4.08. The molecule has 6 heteroatoms. The van der Waals surface area contributed by atoms with Gasteiger partial charge in [-0.05, 0) is 58.1 Å². The van der Waals surface area contributed by atoms with Crippen molar-refractivity contribution in [3.8, 4) is 0 Å². The summed E-state index contributed by atoms with van der Waals surface area (Å²) in [6.07, 6.45) is 15.0. The third kappa shape index (κ3) is 12.8. The summed E-state index contributed by atoms with van der Waals surface area (Å²) in [5.41, 5.74) is 0. The van der Waals surface area contributed by atoms with E-state index in [1.807, 2.05) is 0 Å². The smallest absolute Gasteiger partial charge is 0.306 e. The lowest BCUT2D eigenvalue weighted by atomic mass is 10.0. The van der Waals surface area contributed by atoms with Crippen LogP contribution >= 0.6 is 6.49 Å². The molecule has 1 aliphatic carbocycles. The van der Waals surface area contributed by atoms with Gasteiger partial charge >= 0.3 is 5.97 Å². The Kier molecular flexibility index (Phi) is 11.0. The first-order valence-electron chi connectivity index (χ1n) is 8.75. The Labute approximate surface area is 145 Å². The number of hydrogen-bond donors (Lipinski definition) is 0. The van der Waals surface area contributed by atoms with Gasteiger partial charge in [-0.15, -0.1) is 0 Å². The van der Waals surface area contributed by atoms with Crippen LogP contribution in [0.2, 0.25) is 0 Å². The maximum Gasteiger partial charge on any atom is 0.306 e. The summed E-state index contributed by atoms with van der Waals surface area (Å²) in [7, 11) is 0. The zero-order valence-corrected chi connectivity index (χ0v) is 15.9. The fourth-order valence-corrected chi connectivity index (χ4v) is 3.30. The molecule has 0 heterocycles. The highest BCUT2D eigenvalue weighted by molar-refractivity contribution is 8.08. The Hall–Kier alpha value is -0.220. The summed E-state index contributed by atoms with van der Waals surface area (Å²) in [4.78, 5) is 23.0. The number of rotatable bonds is 10. The average Bonchev–Trinajstić information content (AvgIpc) is 2.43. The summed E-state index contributed by atoms with van der Waals surface area (Å²) in [6.45, 7) is -0.820. The van der Waals surface area contributed by atoms with Crippen molar-refractivity contribution in [3.05, 3.63) is 12.2 Å². The van der Waals surface area contributed by atoms with Crippen molar-refractivity contribution in [3.63, 3.8) is 0 Å². The van der Waals surface area contributed by atoms with Crippen LogP contribution in [-0.2, 0) is 25.9 Å². The van der Waals surface area contributed by atoms with Gasteiger partial charge in [0.05, 0.1) is 6.61 Å². The van der Waals surface area contributed by atoms with Gasteiger partial charge in [0.1, 0.15) is 6.10 Å². The van der Waals surface area contributed by atoms with E-state index in [1.165, 1.54) is 6.66 Å². The van der Waals surface area contributed by atoms with Gasteiger partial charge in [0.15, 0.2) is 0 Å². The van der Waals surface area contributed by atoms with Crippen molar-refractivity contribution in [1.29, 1.82) is 0 Å². The van der Waals surface area contributed by atoms with Crippen molar-refractivity contribution in [2.75, 3.05) is 13.3 Å². The number of carbonyl (C=O) groups excluding carboxylic acids is 1. The van der Waals surface area contributed by atoms with Gasteiger partial charge in [-0.3, -0.25) is 4.79 Å². The van der Waals surface area contributed by atoms with Crippen LogP contribution in [0.15, 0.2) is 12.2 Å². The topological polar surface area (TPSA) is 58.6 Å². The molecule has 0 saturated carbocycles. The fraction of sp³-hybridized carbons (Fsp3) is 0.824. The maximum atomic E-state index is 11.9. The Bertz CT molecular complexity index is 405. The van der Waals surface area contributed by atoms with Gasteiger partial charge in [-0.25, -0.2) is 0 Å². The van der Waals surface area contributed by atoms with Crippen molar-refractivity contribution in [2.24, 2.45) is 0 Å². The van der Waals surface area contributed by atoms with E-state index < -0.39 is 6.49 Å². The minimum Gasteiger partial charge on any atom is -0.801 e. The standard InChI is InChI=1S/C17H31O4PS/c1-22(19,23)20-15-11-7-3-6-10-14-17(18)21-16-12-8-4-2-5-9-13-16/h2,4,16H,3,5-15H2,1H3,(H,19,23)/p-1/b4-2+. The SMILES string of the molecule is CP([O-])(=S)OCCCCCCCC(=O)OC1CC/C=C/CCC1. The Morgan fingerprint density at radius 1 is 1.17 bits per heavy atom. The second-order valence-electron chi connectivity index (χ2n) is 6.21. The Morgan fingerprint density at radius 3 is 2.65 bits per heavy atom. The molecule has 0 radical (unpaired) electrons. The van der Waals surface area contributed by atoms with Crippen LogP contribution in [0.4, 0.5) is 0 Å². The molecule has 4 nitrogen and oxygen atoms in total. The Morgan fingerprint density at radius 2 is 1.87 bits per heavy atom. The summed E-state index contributed by atoms with van der Waals surface area (Å²) < 4.78 is 10.6. The molecular weight excluding hydrogens is 331 g/mol. The number of allylic oxidation sites excluding steroid dienone is 2. The van der Waals surface area contributed by atoms with Gasteiger partial charge in [0, 0.05) is 6.42 Å². The molecule has 0 N–H and O–H groups in total. The molecule has 0 aliphatic heterocycles. The highest BCUT2D eigenvalue weighted by Gasteiger charge is 2.14. The van der Waals surface area contributed by atoms with Crippen molar-refractivity contribution in [1.82, 2.24) is 0 Å². The lowest BCUT2D eigenvalue weighted by Gasteiger charge is -2.22. The van der Waals surface area contributed by atoms with E-state index in [0.717, 1.165) is 64.2 Å². The summed E-state index contributed by atoms with van der Waals surface area (Å²) in [5, 5.41) is 0. The number of carbonyl (C=O) groups is 1. The molecule has 23 heavy (non-hydrogen) atoms. The molecule has 0 spiro atoms. The lowest BCUT2D eigenvalue weighted by Crippen LogP contribution is -2.18. The average molecular weight is 361 g/mol. The summed E-state index contributed by atoms with van der Waals surface area (Å²) in [5.74, 6) is -0.0547. The Balaban J connectivity index is 1.97. The molecule has 1 aliphatic rings. The molecule has 1 rings (SSSR count). The molecular formula is C17H30O4PS-. The van der Waals surface area contributed by atoms with E-state index in [4.69, 9.17) is 21.1 Å². The monoisotopic (exact) mass is 361 g/mol. The normalized spacial score (nSPS) is 22.6. The third-order valence-electron chi connectivity index (χ3n) is 3.87. The van der Waals surface area contributed by atoms with E-state index in [0.29, 0.717) is 13.0 Å². The quantitative estimate of drug-likeness (QED) is 0.254. The molecule has 0 amide bonds. The number of ether oxygens (including phenoxy) is 1. The fourth-order valence-electron chi connectivity index (χ4n) is 2.62. The van der Waals surface area contributed by atoms with Crippen LogP contribution in [0.25, 0.3) is 0 Å². The van der Waals surface area contributed by atoms with Crippen LogP contribution in [-0.4, -0.2) is 25.3 Å². The van der Waals surface area contributed by atoms with Crippen molar-refractivity contribution < 1.29 is 18.9 Å². The zero-order valence-electron chi connectivity index (χ0n) is 14.2.